The summed E-state index contributed by atoms with van der Waals surface area (Å²) in [6.45, 7) is 10.7. The number of rotatable bonds is 5. The van der Waals surface area contributed by atoms with Crippen LogP contribution in [0.1, 0.15) is 50.4 Å². The third kappa shape index (κ3) is 3.67. The molecular formula is C22H28N2O2. The first kappa shape index (κ1) is 18.6. The number of aliphatic imine (C=N–C) groups is 1. The topological polar surface area (TPSA) is 45.1 Å². The molecule has 1 aliphatic rings. The predicted octanol–water partition coefficient (Wildman–Crippen LogP) is 4.87. The van der Waals surface area contributed by atoms with Gasteiger partial charge in [-0.25, -0.2) is 4.99 Å². The zero-order valence-electron chi connectivity index (χ0n) is 16.2. The molecular weight excluding hydrogens is 324 g/mol. The summed E-state index contributed by atoms with van der Waals surface area (Å²) in [4.78, 5) is 4.74. The summed E-state index contributed by atoms with van der Waals surface area (Å²) in [6.07, 6.45) is 0. The fraction of sp³-hybridized carbons (Fsp3) is 0.409. The summed E-state index contributed by atoms with van der Waals surface area (Å²) in [7, 11) is 0. The maximum Gasteiger partial charge on any atom is 0.209 e. The maximum absolute atomic E-state index is 11.3. The average Bonchev–Trinajstić information content (AvgIpc) is 2.97. The van der Waals surface area contributed by atoms with Crippen LogP contribution in [0.25, 0.3) is 0 Å². The van der Waals surface area contributed by atoms with Gasteiger partial charge in [-0.1, -0.05) is 60.2 Å². The third-order valence-corrected chi connectivity index (χ3v) is 4.91. The van der Waals surface area contributed by atoms with Crippen molar-refractivity contribution in [1.82, 2.24) is 5.06 Å². The Balaban J connectivity index is 2.04. The van der Waals surface area contributed by atoms with Crippen molar-refractivity contribution in [3.8, 4) is 0 Å². The lowest BCUT2D eigenvalue weighted by Gasteiger charge is -2.39. The highest BCUT2D eigenvalue weighted by Gasteiger charge is 2.41. The van der Waals surface area contributed by atoms with Crippen molar-refractivity contribution in [1.29, 1.82) is 0 Å². The molecule has 3 rings (SSSR count). The highest BCUT2D eigenvalue weighted by molar-refractivity contribution is 5.85. The minimum atomic E-state index is -0.616. The van der Waals surface area contributed by atoms with Gasteiger partial charge in [0.1, 0.15) is 12.6 Å². The lowest BCUT2D eigenvalue weighted by Crippen LogP contribution is -2.44. The first-order chi connectivity index (χ1) is 12.2. The van der Waals surface area contributed by atoms with Gasteiger partial charge in [-0.05, 0) is 45.7 Å². The normalized spacial score (nSPS) is 17.7. The second-order valence-electron chi connectivity index (χ2n) is 8.13. The van der Waals surface area contributed by atoms with E-state index < -0.39 is 11.6 Å². The van der Waals surface area contributed by atoms with Gasteiger partial charge in [-0.2, -0.15) is 5.06 Å². The maximum atomic E-state index is 11.3. The summed E-state index contributed by atoms with van der Waals surface area (Å²) in [5, 5.41) is 12.7. The fourth-order valence-corrected chi connectivity index (χ4v) is 3.19. The highest BCUT2D eigenvalue weighted by atomic mass is 16.5. The molecule has 4 heteroatoms. The Morgan fingerprint density at radius 2 is 1.69 bits per heavy atom. The molecule has 2 aromatic rings. The number of hydrogen-bond donors (Lipinski definition) is 1. The van der Waals surface area contributed by atoms with E-state index >= 15 is 0 Å². The van der Waals surface area contributed by atoms with E-state index in [-0.39, 0.29) is 5.54 Å². The Kier molecular flexibility index (Phi) is 4.91. The van der Waals surface area contributed by atoms with E-state index in [1.165, 1.54) is 10.6 Å². The van der Waals surface area contributed by atoms with Crippen LogP contribution in [0.2, 0.25) is 0 Å². The molecule has 0 saturated heterocycles. The van der Waals surface area contributed by atoms with Gasteiger partial charge in [0, 0.05) is 0 Å². The van der Waals surface area contributed by atoms with E-state index in [1.54, 1.807) is 0 Å². The van der Waals surface area contributed by atoms with Crippen molar-refractivity contribution in [2.75, 3.05) is 6.61 Å². The standard InChI is InChI=1S/C22H28N2O2/c1-16-11-13-17(14-12-16)19(20-23-21(2,3)15-26-20)24(25)22(4,5)18-9-7-6-8-10-18/h6-14,19,25H,15H2,1-5H3. The van der Waals surface area contributed by atoms with E-state index in [1.807, 2.05) is 82.3 Å². The van der Waals surface area contributed by atoms with Crippen LogP contribution in [-0.2, 0) is 10.3 Å². The quantitative estimate of drug-likeness (QED) is 0.781. The summed E-state index contributed by atoms with van der Waals surface area (Å²) in [5.41, 5.74) is 2.26. The van der Waals surface area contributed by atoms with Crippen LogP contribution in [-0.4, -0.2) is 28.3 Å². The molecule has 2 aromatic carbocycles. The Labute approximate surface area is 156 Å². The number of hydrogen-bond acceptors (Lipinski definition) is 4. The van der Waals surface area contributed by atoms with Crippen LogP contribution in [0.15, 0.2) is 59.6 Å². The van der Waals surface area contributed by atoms with Crippen molar-refractivity contribution in [2.45, 2.75) is 51.7 Å². The summed E-state index contributed by atoms with van der Waals surface area (Å²) in [5.74, 6) is 0.561. The third-order valence-electron chi connectivity index (χ3n) is 4.91. The molecule has 1 atom stereocenters. The molecule has 0 bridgehead atoms. The first-order valence-corrected chi connectivity index (χ1v) is 9.03. The van der Waals surface area contributed by atoms with Gasteiger partial charge < -0.3 is 9.94 Å². The van der Waals surface area contributed by atoms with Crippen molar-refractivity contribution < 1.29 is 9.94 Å². The summed E-state index contributed by atoms with van der Waals surface area (Å²) in [6, 6.07) is 17.7. The fourth-order valence-electron chi connectivity index (χ4n) is 3.19. The number of benzene rings is 2. The zero-order chi connectivity index (χ0) is 18.9. The van der Waals surface area contributed by atoms with Gasteiger partial charge >= 0.3 is 0 Å². The lowest BCUT2D eigenvalue weighted by molar-refractivity contribution is -0.185. The molecule has 0 fully saturated rings. The minimum absolute atomic E-state index is 0.282. The zero-order valence-corrected chi connectivity index (χ0v) is 16.2. The van der Waals surface area contributed by atoms with Gasteiger partial charge in [-0.15, -0.1) is 0 Å². The minimum Gasteiger partial charge on any atom is -0.477 e. The molecule has 0 spiro atoms. The molecule has 0 amide bonds. The van der Waals surface area contributed by atoms with Crippen LogP contribution in [0.3, 0.4) is 0 Å². The second kappa shape index (κ2) is 6.86. The van der Waals surface area contributed by atoms with Crippen molar-refractivity contribution in [2.24, 2.45) is 4.99 Å². The van der Waals surface area contributed by atoms with Crippen LogP contribution in [0.4, 0.5) is 0 Å². The molecule has 138 valence electrons. The summed E-state index contributed by atoms with van der Waals surface area (Å²) >= 11 is 0. The van der Waals surface area contributed by atoms with Crippen molar-refractivity contribution in [3.05, 3.63) is 71.3 Å². The number of hydroxylamine groups is 2. The van der Waals surface area contributed by atoms with Crippen LogP contribution in [0.5, 0.6) is 0 Å². The number of nitrogens with zero attached hydrogens (tertiary/aromatic N) is 2. The Morgan fingerprint density at radius 3 is 2.23 bits per heavy atom. The van der Waals surface area contributed by atoms with Crippen molar-refractivity contribution in [3.63, 3.8) is 0 Å². The van der Waals surface area contributed by atoms with E-state index in [9.17, 15) is 5.21 Å². The van der Waals surface area contributed by atoms with Gasteiger partial charge in [0.15, 0.2) is 0 Å². The first-order valence-electron chi connectivity index (χ1n) is 9.03. The van der Waals surface area contributed by atoms with Gasteiger partial charge in [0.25, 0.3) is 0 Å². The molecule has 1 heterocycles. The second-order valence-corrected chi connectivity index (χ2v) is 8.13. The average molecular weight is 352 g/mol. The Morgan fingerprint density at radius 1 is 1.08 bits per heavy atom. The van der Waals surface area contributed by atoms with Gasteiger partial charge in [-0.3, -0.25) is 0 Å². The van der Waals surface area contributed by atoms with Crippen LogP contribution in [0, 0.1) is 6.92 Å². The lowest BCUT2D eigenvalue weighted by atomic mass is 9.91. The Bertz CT molecular complexity index is 780. The number of aryl methyl sites for hydroxylation is 1. The highest BCUT2D eigenvalue weighted by Crippen LogP contribution is 2.37. The number of ether oxygens (including phenoxy) is 1. The van der Waals surface area contributed by atoms with E-state index in [0.717, 1.165) is 11.1 Å². The molecule has 1 aliphatic heterocycles. The molecule has 0 aliphatic carbocycles. The molecule has 0 radical (unpaired) electrons. The molecule has 4 nitrogen and oxygen atoms in total. The van der Waals surface area contributed by atoms with Crippen LogP contribution >= 0.6 is 0 Å². The van der Waals surface area contributed by atoms with E-state index in [2.05, 4.69) is 6.92 Å². The monoisotopic (exact) mass is 352 g/mol. The Hall–Kier alpha value is -2.17. The molecule has 26 heavy (non-hydrogen) atoms. The molecule has 1 N–H and O–H groups in total. The van der Waals surface area contributed by atoms with E-state index in [0.29, 0.717) is 12.5 Å². The smallest absolute Gasteiger partial charge is 0.209 e. The molecule has 0 aromatic heterocycles. The van der Waals surface area contributed by atoms with Gasteiger partial charge in [0.2, 0.25) is 5.90 Å². The predicted molar refractivity (Wildman–Crippen MR) is 104 cm³/mol. The van der Waals surface area contributed by atoms with Gasteiger partial charge in [0.05, 0.1) is 11.1 Å². The molecule has 0 saturated carbocycles. The van der Waals surface area contributed by atoms with Crippen LogP contribution < -0.4 is 0 Å². The molecule has 1 unspecified atom stereocenters. The van der Waals surface area contributed by atoms with Crippen molar-refractivity contribution >= 4 is 5.90 Å². The van der Waals surface area contributed by atoms with E-state index in [4.69, 9.17) is 9.73 Å². The SMILES string of the molecule is Cc1ccc(C(C2=NC(C)(C)CO2)N(O)C(C)(C)c2ccccc2)cc1. The largest absolute Gasteiger partial charge is 0.477 e. The summed E-state index contributed by atoms with van der Waals surface area (Å²) < 4.78 is 5.92.